The molecule has 0 aromatic rings. The Hall–Kier alpha value is -0.0800. The van der Waals surface area contributed by atoms with Crippen molar-refractivity contribution in [1.82, 2.24) is 10.2 Å². The van der Waals surface area contributed by atoms with Crippen LogP contribution in [-0.2, 0) is 0 Å². The van der Waals surface area contributed by atoms with E-state index in [4.69, 9.17) is 0 Å². The summed E-state index contributed by atoms with van der Waals surface area (Å²) in [4.78, 5) is 2.95. The van der Waals surface area contributed by atoms with Crippen LogP contribution in [0.5, 0.6) is 0 Å². The topological polar surface area (TPSA) is 15.3 Å². The van der Waals surface area contributed by atoms with E-state index in [0.717, 1.165) is 18.0 Å². The molecule has 2 saturated carbocycles. The third-order valence-electron chi connectivity index (χ3n) is 6.20. The normalized spacial score (nSPS) is 25.1. The molecule has 0 radical (unpaired) electrons. The predicted molar refractivity (Wildman–Crippen MR) is 92.8 cm³/mol. The Morgan fingerprint density at radius 1 is 0.905 bits per heavy atom. The summed E-state index contributed by atoms with van der Waals surface area (Å²) in [6, 6.07) is 2.42. The number of likely N-dealkylation sites (N-methyl/N-ethyl adjacent to an activating group) is 1. The Morgan fingerprint density at radius 2 is 1.38 bits per heavy atom. The van der Waals surface area contributed by atoms with Crippen molar-refractivity contribution in [3.05, 3.63) is 0 Å². The van der Waals surface area contributed by atoms with Gasteiger partial charge in [-0.3, -0.25) is 4.90 Å². The lowest BCUT2D eigenvalue weighted by Gasteiger charge is -2.44. The van der Waals surface area contributed by atoms with E-state index in [9.17, 15) is 0 Å². The van der Waals surface area contributed by atoms with Gasteiger partial charge in [0.15, 0.2) is 0 Å². The molecule has 2 rings (SSSR count). The third kappa shape index (κ3) is 4.96. The highest BCUT2D eigenvalue weighted by Gasteiger charge is 2.31. The molecule has 0 heterocycles. The van der Waals surface area contributed by atoms with Crippen LogP contribution in [0.25, 0.3) is 0 Å². The van der Waals surface area contributed by atoms with Gasteiger partial charge in [-0.1, -0.05) is 58.8 Å². The molecule has 2 fully saturated rings. The van der Waals surface area contributed by atoms with E-state index in [1.165, 1.54) is 77.2 Å². The number of nitrogens with one attached hydrogen (secondary N) is 1. The van der Waals surface area contributed by atoms with Gasteiger partial charge in [0, 0.05) is 24.7 Å². The minimum absolute atomic E-state index is 0.666. The average Bonchev–Trinajstić information content (AvgIpc) is 2.57. The van der Waals surface area contributed by atoms with Crippen LogP contribution in [0.4, 0.5) is 0 Å². The summed E-state index contributed by atoms with van der Waals surface area (Å²) in [5, 5.41) is 3.62. The molecule has 2 aliphatic rings. The van der Waals surface area contributed by atoms with E-state index < -0.39 is 0 Å². The molecule has 0 aromatic heterocycles. The summed E-state index contributed by atoms with van der Waals surface area (Å²) in [5.74, 6) is 0.782. The highest BCUT2D eigenvalue weighted by Crippen LogP contribution is 2.30. The van der Waals surface area contributed by atoms with E-state index in [2.05, 4.69) is 31.1 Å². The van der Waals surface area contributed by atoms with Crippen LogP contribution in [0, 0.1) is 5.92 Å². The summed E-state index contributed by atoms with van der Waals surface area (Å²) < 4.78 is 0. The number of hydrogen-bond acceptors (Lipinski definition) is 2. The molecule has 2 unspecified atom stereocenters. The van der Waals surface area contributed by atoms with Gasteiger partial charge >= 0.3 is 0 Å². The molecule has 2 atom stereocenters. The van der Waals surface area contributed by atoms with Crippen molar-refractivity contribution in [3.63, 3.8) is 0 Å². The number of rotatable bonds is 7. The Kier molecular flexibility index (Phi) is 7.53. The summed E-state index contributed by atoms with van der Waals surface area (Å²) in [6.45, 7) is 6.03. The fourth-order valence-corrected chi connectivity index (χ4v) is 4.49. The molecule has 0 bridgehead atoms. The lowest BCUT2D eigenvalue weighted by Crippen LogP contribution is -2.52. The third-order valence-corrected chi connectivity index (χ3v) is 6.20. The second-order valence-corrected chi connectivity index (χ2v) is 7.56. The van der Waals surface area contributed by atoms with E-state index in [1.807, 2.05) is 0 Å². The summed E-state index contributed by atoms with van der Waals surface area (Å²) >= 11 is 0. The van der Waals surface area contributed by atoms with Gasteiger partial charge in [0.05, 0.1) is 0 Å². The van der Waals surface area contributed by atoms with Gasteiger partial charge in [0.2, 0.25) is 0 Å². The molecule has 0 spiro atoms. The van der Waals surface area contributed by atoms with Crippen molar-refractivity contribution < 1.29 is 0 Å². The van der Waals surface area contributed by atoms with E-state index in [1.54, 1.807) is 0 Å². The zero-order valence-corrected chi connectivity index (χ0v) is 14.7. The van der Waals surface area contributed by atoms with E-state index >= 15 is 0 Å². The second-order valence-electron chi connectivity index (χ2n) is 7.56. The molecule has 21 heavy (non-hydrogen) atoms. The molecule has 1 N–H and O–H groups in total. The van der Waals surface area contributed by atoms with Gasteiger partial charge in [-0.2, -0.15) is 0 Å². The Labute approximate surface area is 133 Å². The predicted octanol–water partition coefficient (Wildman–Crippen LogP) is 4.59. The van der Waals surface area contributed by atoms with Crippen molar-refractivity contribution in [1.29, 1.82) is 0 Å². The molecule has 0 aromatic carbocycles. The highest BCUT2D eigenvalue weighted by molar-refractivity contribution is 4.87. The van der Waals surface area contributed by atoms with Crippen LogP contribution >= 0.6 is 0 Å². The molecule has 0 amide bonds. The minimum atomic E-state index is 0.666. The zero-order valence-electron chi connectivity index (χ0n) is 14.7. The fourth-order valence-electron chi connectivity index (χ4n) is 4.49. The lowest BCUT2D eigenvalue weighted by atomic mass is 9.87. The van der Waals surface area contributed by atoms with Gasteiger partial charge < -0.3 is 5.32 Å². The summed E-state index contributed by atoms with van der Waals surface area (Å²) in [7, 11) is 2.16. The second kappa shape index (κ2) is 9.15. The van der Waals surface area contributed by atoms with Crippen LogP contribution in [-0.4, -0.2) is 36.6 Å². The van der Waals surface area contributed by atoms with Gasteiger partial charge in [-0.25, -0.2) is 0 Å². The Balaban J connectivity index is 2.02. The average molecular weight is 295 g/mol. The van der Waals surface area contributed by atoms with E-state index in [0.29, 0.717) is 6.04 Å². The first-order valence-corrected chi connectivity index (χ1v) is 9.69. The van der Waals surface area contributed by atoms with Crippen molar-refractivity contribution >= 4 is 0 Å². The van der Waals surface area contributed by atoms with Crippen LogP contribution in [0.1, 0.15) is 84.5 Å². The smallest absolute Gasteiger partial charge is 0.0217 e. The molecule has 0 saturated heterocycles. The standard InChI is InChI=1S/C19H38N2/c1-4-16(2)19(20-3)15-21(17-11-7-5-8-12-17)18-13-9-6-10-14-18/h16-20H,4-15H2,1-3H3. The molecule has 2 heteroatoms. The van der Waals surface area contributed by atoms with Crippen molar-refractivity contribution in [2.45, 2.75) is 103 Å². The molecule has 124 valence electrons. The fraction of sp³-hybridized carbons (Fsp3) is 1.00. The first kappa shape index (κ1) is 17.3. The monoisotopic (exact) mass is 294 g/mol. The van der Waals surface area contributed by atoms with Crippen molar-refractivity contribution in [2.24, 2.45) is 5.92 Å². The van der Waals surface area contributed by atoms with Crippen LogP contribution in [0.3, 0.4) is 0 Å². The molecule has 0 aliphatic heterocycles. The number of nitrogens with zero attached hydrogens (tertiary/aromatic N) is 1. The van der Waals surface area contributed by atoms with Crippen molar-refractivity contribution in [2.75, 3.05) is 13.6 Å². The van der Waals surface area contributed by atoms with Gasteiger partial charge in [0.1, 0.15) is 0 Å². The molecular weight excluding hydrogens is 256 g/mol. The first-order valence-electron chi connectivity index (χ1n) is 9.69. The quantitative estimate of drug-likeness (QED) is 0.739. The van der Waals surface area contributed by atoms with Crippen LogP contribution in [0.15, 0.2) is 0 Å². The molecule has 2 aliphatic carbocycles. The minimum Gasteiger partial charge on any atom is -0.315 e. The Morgan fingerprint density at radius 3 is 1.76 bits per heavy atom. The van der Waals surface area contributed by atoms with Gasteiger partial charge in [-0.05, 0) is 38.6 Å². The largest absolute Gasteiger partial charge is 0.315 e. The summed E-state index contributed by atoms with van der Waals surface area (Å²) in [5.41, 5.74) is 0. The van der Waals surface area contributed by atoms with Crippen molar-refractivity contribution in [3.8, 4) is 0 Å². The SMILES string of the molecule is CCC(C)C(CN(C1CCCCC1)C1CCCCC1)NC. The zero-order chi connectivity index (χ0) is 15.1. The van der Waals surface area contributed by atoms with Gasteiger partial charge in [-0.15, -0.1) is 0 Å². The molecule has 2 nitrogen and oxygen atoms in total. The number of hydrogen-bond donors (Lipinski definition) is 1. The van der Waals surface area contributed by atoms with Crippen LogP contribution in [0.2, 0.25) is 0 Å². The Bertz CT molecular complexity index is 249. The molecular formula is C19H38N2. The lowest BCUT2D eigenvalue weighted by molar-refractivity contribution is 0.0637. The van der Waals surface area contributed by atoms with E-state index in [-0.39, 0.29) is 0 Å². The maximum atomic E-state index is 3.62. The van der Waals surface area contributed by atoms with Crippen LogP contribution < -0.4 is 5.32 Å². The maximum Gasteiger partial charge on any atom is 0.0217 e. The highest BCUT2D eigenvalue weighted by atomic mass is 15.2. The van der Waals surface area contributed by atoms with Gasteiger partial charge in [0.25, 0.3) is 0 Å². The summed E-state index contributed by atoms with van der Waals surface area (Å²) in [6.07, 6.45) is 15.9. The maximum absolute atomic E-state index is 3.62. The first-order chi connectivity index (χ1) is 10.3.